The Hall–Kier alpha value is -2.12. The Morgan fingerprint density at radius 2 is 2.05 bits per heavy atom. The van der Waals surface area contributed by atoms with Gasteiger partial charge in [-0.3, -0.25) is 9.59 Å². The number of hydrogen-bond acceptors (Lipinski definition) is 5. The lowest BCUT2D eigenvalue weighted by atomic mass is 10.1. The van der Waals surface area contributed by atoms with Crippen LogP contribution >= 0.6 is 0 Å². The molecule has 7 nitrogen and oxygen atoms in total. The van der Waals surface area contributed by atoms with E-state index in [9.17, 15) is 14.7 Å². The van der Waals surface area contributed by atoms with Crippen LogP contribution in [-0.4, -0.2) is 58.7 Å². The summed E-state index contributed by atoms with van der Waals surface area (Å²) in [5, 5.41) is 21.0. The number of aromatic hydroxyl groups is 1. The van der Waals surface area contributed by atoms with E-state index in [2.05, 4.69) is 5.32 Å². The Labute approximate surface area is 116 Å². The van der Waals surface area contributed by atoms with Gasteiger partial charge in [-0.25, -0.2) is 0 Å². The first-order valence-electron chi connectivity index (χ1n) is 6.27. The van der Waals surface area contributed by atoms with Crippen molar-refractivity contribution in [1.29, 1.82) is 0 Å². The molecule has 7 heteroatoms. The van der Waals surface area contributed by atoms with E-state index in [1.54, 1.807) is 18.2 Å². The maximum Gasteiger partial charge on any atom is 0.257 e. The quantitative estimate of drug-likeness (QED) is 0.544. The van der Waals surface area contributed by atoms with Gasteiger partial charge in [0.2, 0.25) is 5.91 Å². The second-order valence-corrected chi connectivity index (χ2v) is 4.72. The number of carbonyl (C=O) groups excluding carboxylic acids is 2. The molecule has 20 heavy (non-hydrogen) atoms. The lowest BCUT2D eigenvalue weighted by Crippen LogP contribution is -2.63. The Balaban J connectivity index is 1.86. The van der Waals surface area contributed by atoms with Gasteiger partial charge in [0.15, 0.2) is 0 Å². The number of amides is 2. The molecule has 1 aromatic carbocycles. The zero-order valence-electron chi connectivity index (χ0n) is 10.8. The lowest BCUT2D eigenvalue weighted by Gasteiger charge is -2.40. The molecule has 1 fully saturated rings. The highest BCUT2D eigenvalue weighted by Gasteiger charge is 2.33. The highest BCUT2D eigenvalue weighted by atomic mass is 16.3. The lowest BCUT2D eigenvalue weighted by molar-refractivity contribution is -0.124. The van der Waals surface area contributed by atoms with E-state index in [4.69, 9.17) is 10.8 Å². The minimum atomic E-state index is -0.946. The fourth-order valence-corrected chi connectivity index (χ4v) is 1.95. The third kappa shape index (κ3) is 2.89. The molecule has 1 aromatic rings. The van der Waals surface area contributed by atoms with E-state index in [1.807, 2.05) is 0 Å². The van der Waals surface area contributed by atoms with Crippen molar-refractivity contribution < 1.29 is 19.8 Å². The van der Waals surface area contributed by atoms with Crippen LogP contribution < -0.4 is 11.1 Å². The van der Waals surface area contributed by atoms with Crippen molar-refractivity contribution >= 4 is 11.8 Å². The minimum Gasteiger partial charge on any atom is -0.507 e. The molecule has 1 heterocycles. The van der Waals surface area contributed by atoms with Gasteiger partial charge in [0.1, 0.15) is 11.8 Å². The number of likely N-dealkylation sites (tertiary alicyclic amines) is 1. The number of aliphatic hydroxyl groups is 1. The van der Waals surface area contributed by atoms with Crippen molar-refractivity contribution in [3.63, 3.8) is 0 Å². The van der Waals surface area contributed by atoms with Crippen molar-refractivity contribution in [3.05, 3.63) is 29.8 Å². The maximum absolute atomic E-state index is 12.1. The van der Waals surface area contributed by atoms with Gasteiger partial charge in [-0.2, -0.15) is 0 Å². The van der Waals surface area contributed by atoms with Crippen LogP contribution in [0.15, 0.2) is 24.3 Å². The molecular formula is C13H17N3O4. The predicted octanol–water partition coefficient (Wildman–Crippen LogP) is -1.35. The Morgan fingerprint density at radius 1 is 1.40 bits per heavy atom. The molecular weight excluding hydrogens is 262 g/mol. The summed E-state index contributed by atoms with van der Waals surface area (Å²) >= 11 is 0. The summed E-state index contributed by atoms with van der Waals surface area (Å²) in [6.45, 7) is 0.299. The summed E-state index contributed by atoms with van der Waals surface area (Å²) in [6.07, 6.45) is 0. The molecule has 1 saturated heterocycles. The maximum atomic E-state index is 12.1. The Kier molecular flexibility index (Phi) is 4.21. The van der Waals surface area contributed by atoms with Crippen molar-refractivity contribution in [2.75, 3.05) is 19.7 Å². The molecule has 0 bridgehead atoms. The first kappa shape index (κ1) is 14.3. The highest BCUT2D eigenvalue weighted by molar-refractivity contribution is 5.97. The standard InChI is InChI=1S/C13H17N3O4/c14-10(7-17)12(19)15-8-5-16(6-8)13(20)9-3-1-2-4-11(9)18/h1-4,8,10,17-18H,5-7,14H2,(H,15,19). The molecule has 1 aliphatic heterocycles. The van der Waals surface area contributed by atoms with Gasteiger partial charge in [0, 0.05) is 13.1 Å². The third-order valence-corrected chi connectivity index (χ3v) is 3.18. The number of hydrogen-bond donors (Lipinski definition) is 4. The highest BCUT2D eigenvalue weighted by Crippen LogP contribution is 2.20. The number of nitrogens with zero attached hydrogens (tertiary/aromatic N) is 1. The van der Waals surface area contributed by atoms with Gasteiger partial charge in [0.05, 0.1) is 18.2 Å². The molecule has 2 amide bonds. The molecule has 5 N–H and O–H groups in total. The van der Waals surface area contributed by atoms with Crippen LogP contribution in [-0.2, 0) is 4.79 Å². The van der Waals surface area contributed by atoms with Crippen molar-refractivity contribution in [1.82, 2.24) is 10.2 Å². The molecule has 1 aliphatic rings. The number of phenols is 1. The average Bonchev–Trinajstić information content (AvgIpc) is 2.41. The zero-order chi connectivity index (χ0) is 14.7. The van der Waals surface area contributed by atoms with Crippen molar-refractivity contribution in [2.45, 2.75) is 12.1 Å². The Bertz CT molecular complexity index is 514. The van der Waals surface area contributed by atoms with Crippen LogP contribution in [0, 0.1) is 0 Å². The molecule has 108 valence electrons. The van der Waals surface area contributed by atoms with E-state index in [0.29, 0.717) is 13.1 Å². The second-order valence-electron chi connectivity index (χ2n) is 4.72. The fourth-order valence-electron chi connectivity index (χ4n) is 1.95. The van der Waals surface area contributed by atoms with E-state index < -0.39 is 18.6 Å². The van der Waals surface area contributed by atoms with Crippen LogP contribution in [0.4, 0.5) is 0 Å². The average molecular weight is 279 g/mol. The molecule has 0 spiro atoms. The number of para-hydroxylation sites is 1. The van der Waals surface area contributed by atoms with E-state index in [0.717, 1.165) is 0 Å². The van der Waals surface area contributed by atoms with Gasteiger partial charge >= 0.3 is 0 Å². The molecule has 1 atom stereocenters. The predicted molar refractivity (Wildman–Crippen MR) is 71.0 cm³/mol. The minimum absolute atomic E-state index is 0.0627. The number of carbonyl (C=O) groups is 2. The monoisotopic (exact) mass is 279 g/mol. The van der Waals surface area contributed by atoms with Crippen LogP contribution in [0.5, 0.6) is 5.75 Å². The van der Waals surface area contributed by atoms with Gasteiger partial charge in [-0.1, -0.05) is 12.1 Å². The summed E-state index contributed by atoms with van der Waals surface area (Å²) in [5.41, 5.74) is 5.61. The number of nitrogens with two attached hydrogens (primary N) is 1. The zero-order valence-corrected chi connectivity index (χ0v) is 10.8. The number of benzene rings is 1. The Morgan fingerprint density at radius 3 is 2.65 bits per heavy atom. The van der Waals surface area contributed by atoms with Crippen LogP contribution in [0.2, 0.25) is 0 Å². The van der Waals surface area contributed by atoms with Crippen LogP contribution in [0.3, 0.4) is 0 Å². The molecule has 0 saturated carbocycles. The van der Waals surface area contributed by atoms with Crippen LogP contribution in [0.1, 0.15) is 10.4 Å². The summed E-state index contributed by atoms with van der Waals surface area (Å²) in [5.74, 6) is -0.778. The normalized spacial score (nSPS) is 16.4. The van der Waals surface area contributed by atoms with Gasteiger partial charge < -0.3 is 26.2 Å². The summed E-state index contributed by atoms with van der Waals surface area (Å²) in [6, 6.07) is 5.19. The smallest absolute Gasteiger partial charge is 0.257 e. The number of rotatable bonds is 4. The number of phenolic OH excluding ortho intramolecular Hbond substituents is 1. The fraction of sp³-hybridized carbons (Fsp3) is 0.385. The topological polar surface area (TPSA) is 116 Å². The van der Waals surface area contributed by atoms with E-state index >= 15 is 0 Å². The third-order valence-electron chi connectivity index (χ3n) is 3.18. The van der Waals surface area contributed by atoms with Crippen LogP contribution in [0.25, 0.3) is 0 Å². The summed E-state index contributed by atoms with van der Waals surface area (Å²) < 4.78 is 0. The molecule has 2 rings (SSSR count). The summed E-state index contributed by atoms with van der Waals surface area (Å²) in [4.78, 5) is 25.0. The number of aliphatic hydroxyl groups excluding tert-OH is 1. The van der Waals surface area contributed by atoms with E-state index in [1.165, 1.54) is 11.0 Å². The van der Waals surface area contributed by atoms with Crippen molar-refractivity contribution in [2.24, 2.45) is 5.73 Å². The van der Waals surface area contributed by atoms with Gasteiger partial charge in [-0.15, -0.1) is 0 Å². The number of nitrogens with one attached hydrogen (secondary N) is 1. The molecule has 0 radical (unpaired) electrons. The van der Waals surface area contributed by atoms with E-state index in [-0.39, 0.29) is 23.3 Å². The summed E-state index contributed by atoms with van der Waals surface area (Å²) in [7, 11) is 0. The van der Waals surface area contributed by atoms with Gasteiger partial charge in [-0.05, 0) is 12.1 Å². The second kappa shape index (κ2) is 5.89. The first-order valence-corrected chi connectivity index (χ1v) is 6.27. The van der Waals surface area contributed by atoms with Crippen molar-refractivity contribution in [3.8, 4) is 5.75 Å². The molecule has 1 unspecified atom stereocenters. The first-order chi connectivity index (χ1) is 9.52. The molecule has 0 aliphatic carbocycles. The SMILES string of the molecule is NC(CO)C(=O)NC1CN(C(=O)c2ccccc2O)C1. The largest absolute Gasteiger partial charge is 0.507 e. The molecule has 0 aromatic heterocycles. The van der Waals surface area contributed by atoms with Gasteiger partial charge in [0.25, 0.3) is 5.91 Å².